The van der Waals surface area contributed by atoms with Crippen LogP contribution in [0.3, 0.4) is 0 Å². The average molecular weight is 257 g/mol. The lowest BCUT2D eigenvalue weighted by atomic mass is 10.2. The fraction of sp³-hybridized carbons (Fsp3) is 0.154. The van der Waals surface area contributed by atoms with Crippen LogP contribution in [0.15, 0.2) is 29.3 Å². The Labute approximate surface area is 107 Å². The summed E-state index contributed by atoms with van der Waals surface area (Å²) in [6.45, 7) is 1.90. The molecule has 3 heterocycles. The van der Waals surface area contributed by atoms with Gasteiger partial charge in [-0.05, 0) is 24.6 Å². The topological polar surface area (TPSA) is 76.5 Å². The van der Waals surface area contributed by atoms with E-state index in [-0.39, 0.29) is 5.56 Å². The van der Waals surface area contributed by atoms with Crippen molar-refractivity contribution in [3.8, 4) is 0 Å². The molecule has 0 aliphatic rings. The number of aromatic nitrogens is 3. The first kappa shape index (κ1) is 11.5. The molecule has 0 saturated carbocycles. The van der Waals surface area contributed by atoms with Crippen molar-refractivity contribution in [2.75, 3.05) is 7.11 Å². The first-order valence-corrected chi connectivity index (χ1v) is 5.69. The van der Waals surface area contributed by atoms with Gasteiger partial charge >= 0.3 is 5.97 Å². The summed E-state index contributed by atoms with van der Waals surface area (Å²) in [5, 5.41) is 0. The molecule has 0 aliphatic carbocycles. The van der Waals surface area contributed by atoms with E-state index in [9.17, 15) is 9.59 Å². The van der Waals surface area contributed by atoms with E-state index >= 15 is 0 Å². The minimum atomic E-state index is -0.487. The van der Waals surface area contributed by atoms with Gasteiger partial charge in [0.25, 0.3) is 5.56 Å². The van der Waals surface area contributed by atoms with Crippen molar-refractivity contribution in [2.24, 2.45) is 0 Å². The van der Waals surface area contributed by atoms with Gasteiger partial charge in [-0.3, -0.25) is 9.20 Å². The second kappa shape index (κ2) is 3.94. The largest absolute Gasteiger partial charge is 0.465 e. The van der Waals surface area contributed by atoms with E-state index in [1.807, 2.05) is 13.1 Å². The molecule has 0 aromatic carbocycles. The summed E-state index contributed by atoms with van der Waals surface area (Å²) in [6, 6.07) is 3.35. The van der Waals surface area contributed by atoms with Crippen LogP contribution in [-0.2, 0) is 4.74 Å². The fourth-order valence-electron chi connectivity index (χ4n) is 2.10. The highest BCUT2D eigenvalue weighted by Gasteiger charge is 2.11. The van der Waals surface area contributed by atoms with Crippen molar-refractivity contribution in [3.63, 3.8) is 0 Å². The van der Waals surface area contributed by atoms with Gasteiger partial charge in [0.2, 0.25) is 0 Å². The van der Waals surface area contributed by atoms with Gasteiger partial charge in [0.15, 0.2) is 5.65 Å². The first-order chi connectivity index (χ1) is 9.10. The zero-order chi connectivity index (χ0) is 13.6. The average Bonchev–Trinajstić information content (AvgIpc) is 2.80. The Bertz CT molecular complexity index is 861. The van der Waals surface area contributed by atoms with Crippen molar-refractivity contribution in [1.82, 2.24) is 14.4 Å². The highest BCUT2D eigenvalue weighted by molar-refractivity contribution is 5.92. The minimum absolute atomic E-state index is 0.218. The molecule has 0 fully saturated rings. The zero-order valence-corrected chi connectivity index (χ0v) is 10.4. The maximum absolute atomic E-state index is 11.9. The molecule has 0 unspecified atom stereocenters. The molecule has 0 spiro atoms. The number of esters is 1. The number of pyridine rings is 1. The van der Waals surface area contributed by atoms with Crippen molar-refractivity contribution < 1.29 is 9.53 Å². The Morgan fingerprint density at radius 2 is 2.21 bits per heavy atom. The van der Waals surface area contributed by atoms with Crippen LogP contribution in [0.1, 0.15) is 15.9 Å². The number of hydrogen-bond donors (Lipinski definition) is 1. The first-order valence-electron chi connectivity index (χ1n) is 5.69. The number of rotatable bonds is 1. The van der Waals surface area contributed by atoms with Crippen LogP contribution in [0.5, 0.6) is 0 Å². The van der Waals surface area contributed by atoms with Gasteiger partial charge < -0.3 is 9.72 Å². The van der Waals surface area contributed by atoms with Gasteiger partial charge in [-0.2, -0.15) is 0 Å². The SMILES string of the molecule is COC(=O)c1cnc2c(c1)[nH]c(=O)c1cc(C)cn12. The van der Waals surface area contributed by atoms with Gasteiger partial charge in [-0.15, -0.1) is 0 Å². The van der Waals surface area contributed by atoms with Crippen molar-refractivity contribution in [1.29, 1.82) is 0 Å². The summed E-state index contributed by atoms with van der Waals surface area (Å²) in [7, 11) is 1.30. The summed E-state index contributed by atoms with van der Waals surface area (Å²) in [5.41, 5.74) is 2.67. The number of fused-ring (bicyclic) bond motifs is 3. The highest BCUT2D eigenvalue weighted by Crippen LogP contribution is 2.14. The predicted octanol–water partition coefficient (Wildman–Crippen LogP) is 1.27. The molecule has 3 aromatic heterocycles. The monoisotopic (exact) mass is 257 g/mol. The number of nitrogens with one attached hydrogen (secondary N) is 1. The summed E-state index contributed by atoms with van der Waals surface area (Å²) in [5.74, 6) is -0.487. The van der Waals surface area contributed by atoms with E-state index < -0.39 is 5.97 Å². The van der Waals surface area contributed by atoms with E-state index in [1.165, 1.54) is 13.3 Å². The third-order valence-corrected chi connectivity index (χ3v) is 2.95. The molecule has 3 rings (SSSR count). The lowest BCUT2D eigenvalue weighted by Crippen LogP contribution is -2.11. The Kier molecular flexibility index (Phi) is 2.38. The van der Waals surface area contributed by atoms with Crippen LogP contribution in [-0.4, -0.2) is 27.4 Å². The number of carbonyl (C=O) groups is 1. The van der Waals surface area contributed by atoms with Crippen LogP contribution in [0.4, 0.5) is 0 Å². The van der Waals surface area contributed by atoms with Gasteiger partial charge in [-0.25, -0.2) is 9.78 Å². The van der Waals surface area contributed by atoms with Crippen LogP contribution in [0.2, 0.25) is 0 Å². The lowest BCUT2D eigenvalue weighted by molar-refractivity contribution is 0.0600. The van der Waals surface area contributed by atoms with Crippen LogP contribution < -0.4 is 5.56 Å². The molecule has 96 valence electrons. The Hall–Kier alpha value is -2.63. The van der Waals surface area contributed by atoms with Crippen LogP contribution in [0, 0.1) is 6.92 Å². The number of hydrogen-bond acceptors (Lipinski definition) is 4. The predicted molar refractivity (Wildman–Crippen MR) is 69.4 cm³/mol. The fourth-order valence-corrected chi connectivity index (χ4v) is 2.10. The number of methoxy groups -OCH3 is 1. The van der Waals surface area contributed by atoms with Crippen LogP contribution in [0.25, 0.3) is 16.7 Å². The summed E-state index contributed by atoms with van der Waals surface area (Å²) in [6.07, 6.45) is 3.26. The molecule has 6 nitrogen and oxygen atoms in total. The van der Waals surface area contributed by atoms with Crippen molar-refractivity contribution in [3.05, 3.63) is 46.0 Å². The molecule has 3 aromatic rings. The molecular formula is C13H11N3O3. The lowest BCUT2D eigenvalue weighted by Gasteiger charge is -2.03. The minimum Gasteiger partial charge on any atom is -0.465 e. The molecule has 0 amide bonds. The second-order valence-electron chi connectivity index (χ2n) is 4.31. The number of nitrogens with zero attached hydrogens (tertiary/aromatic N) is 2. The number of aromatic amines is 1. The molecule has 0 atom stereocenters. The maximum atomic E-state index is 11.9. The van der Waals surface area contributed by atoms with Crippen LogP contribution >= 0.6 is 0 Å². The Morgan fingerprint density at radius 3 is 2.95 bits per heavy atom. The molecule has 19 heavy (non-hydrogen) atoms. The Morgan fingerprint density at radius 1 is 1.42 bits per heavy atom. The van der Waals surface area contributed by atoms with Crippen molar-refractivity contribution in [2.45, 2.75) is 6.92 Å². The molecule has 6 heteroatoms. The number of H-pyrrole nitrogens is 1. The van der Waals surface area contributed by atoms with Gasteiger partial charge in [-0.1, -0.05) is 0 Å². The number of aryl methyl sites for hydroxylation is 1. The smallest absolute Gasteiger partial charge is 0.339 e. The maximum Gasteiger partial charge on any atom is 0.339 e. The standard InChI is InChI=1S/C13H11N3O3/c1-7-3-10-12(17)15-9-4-8(13(18)19-2)5-14-11(9)16(10)6-7/h3-6H,1-2H3,(H,15,17). The quantitative estimate of drug-likeness (QED) is 0.666. The van der Waals surface area contributed by atoms with Gasteiger partial charge in [0.1, 0.15) is 5.52 Å². The molecule has 0 saturated heterocycles. The third-order valence-electron chi connectivity index (χ3n) is 2.95. The van der Waals surface area contributed by atoms with E-state index in [1.54, 1.807) is 16.5 Å². The highest BCUT2D eigenvalue weighted by atomic mass is 16.5. The molecular weight excluding hydrogens is 246 g/mol. The van der Waals surface area contributed by atoms with Gasteiger partial charge in [0, 0.05) is 12.4 Å². The molecule has 0 bridgehead atoms. The third kappa shape index (κ3) is 1.69. The van der Waals surface area contributed by atoms with E-state index in [4.69, 9.17) is 0 Å². The summed E-state index contributed by atoms with van der Waals surface area (Å²) < 4.78 is 6.34. The second-order valence-corrected chi connectivity index (χ2v) is 4.31. The van der Waals surface area contributed by atoms with E-state index in [2.05, 4.69) is 14.7 Å². The number of carbonyl (C=O) groups excluding carboxylic acids is 1. The van der Waals surface area contributed by atoms with E-state index in [0.29, 0.717) is 22.2 Å². The Balaban J connectivity index is 2.39. The van der Waals surface area contributed by atoms with E-state index in [0.717, 1.165) is 5.56 Å². The molecule has 1 N–H and O–H groups in total. The summed E-state index contributed by atoms with van der Waals surface area (Å²) >= 11 is 0. The molecule has 0 aliphatic heterocycles. The molecule has 0 radical (unpaired) electrons. The number of ether oxygens (including phenoxy) is 1. The van der Waals surface area contributed by atoms with Crippen molar-refractivity contribution >= 4 is 22.6 Å². The van der Waals surface area contributed by atoms with Gasteiger partial charge in [0.05, 0.1) is 18.2 Å². The normalized spacial score (nSPS) is 11.1. The summed E-state index contributed by atoms with van der Waals surface area (Å²) in [4.78, 5) is 30.3. The zero-order valence-electron chi connectivity index (χ0n) is 10.4.